The minimum atomic E-state index is -1.04. The number of nitrogens with one attached hydrogen (secondary N) is 1. The summed E-state index contributed by atoms with van der Waals surface area (Å²) in [7, 11) is 0. The smallest absolute Gasteiger partial charge is 0.234 e. The molecule has 0 radical (unpaired) electrons. The number of carbonyl (C=O) groups excluding carboxylic acids is 1. The lowest BCUT2D eigenvalue weighted by Crippen LogP contribution is -2.48. The third-order valence-electron chi connectivity index (χ3n) is 3.94. The molecule has 0 atom stereocenters. The van der Waals surface area contributed by atoms with Crippen molar-refractivity contribution >= 4 is 11.7 Å². The molecule has 4 N–H and O–H groups in total. The summed E-state index contributed by atoms with van der Waals surface area (Å²) in [6.45, 7) is -0.0780. The summed E-state index contributed by atoms with van der Waals surface area (Å²) < 4.78 is 26.3. The summed E-state index contributed by atoms with van der Waals surface area (Å²) >= 11 is 0. The maximum Gasteiger partial charge on any atom is 0.234 e. The van der Waals surface area contributed by atoms with Crippen molar-refractivity contribution < 1.29 is 18.8 Å². The van der Waals surface area contributed by atoms with Crippen LogP contribution in [-0.2, 0) is 11.3 Å². The monoisotopic (exact) mass is 297 g/mol. The van der Waals surface area contributed by atoms with E-state index in [2.05, 4.69) is 10.5 Å². The maximum atomic E-state index is 13.5. The van der Waals surface area contributed by atoms with Crippen molar-refractivity contribution in [1.29, 1.82) is 0 Å². The summed E-state index contributed by atoms with van der Waals surface area (Å²) in [5.74, 6) is -1.93. The van der Waals surface area contributed by atoms with Gasteiger partial charge in [-0.1, -0.05) is 24.1 Å². The van der Waals surface area contributed by atoms with E-state index in [0.29, 0.717) is 12.8 Å². The minimum absolute atomic E-state index is 0.0780. The molecule has 1 aromatic rings. The molecule has 1 aliphatic carbocycles. The normalized spacial score (nSPS) is 17.7. The van der Waals surface area contributed by atoms with Gasteiger partial charge in [-0.3, -0.25) is 4.79 Å². The lowest BCUT2D eigenvalue weighted by atomic mass is 9.83. The third-order valence-corrected chi connectivity index (χ3v) is 3.94. The van der Waals surface area contributed by atoms with Gasteiger partial charge in [-0.25, -0.2) is 8.78 Å². The zero-order valence-corrected chi connectivity index (χ0v) is 11.4. The minimum Gasteiger partial charge on any atom is -0.409 e. The molecule has 114 valence electrons. The number of carbonyl (C=O) groups is 1. The first kappa shape index (κ1) is 15.2. The molecule has 1 amide bonds. The van der Waals surface area contributed by atoms with Crippen LogP contribution in [0.3, 0.4) is 0 Å². The van der Waals surface area contributed by atoms with Gasteiger partial charge in [-0.2, -0.15) is 0 Å². The predicted octanol–water partition coefficient (Wildman–Crippen LogP) is 1.89. The van der Waals surface area contributed by atoms with Crippen LogP contribution in [-0.4, -0.2) is 17.0 Å². The highest BCUT2D eigenvalue weighted by atomic mass is 19.1. The van der Waals surface area contributed by atoms with E-state index in [-0.39, 0.29) is 17.9 Å². The van der Waals surface area contributed by atoms with Crippen molar-refractivity contribution in [1.82, 2.24) is 5.32 Å². The Morgan fingerprint density at radius 2 is 2.05 bits per heavy atom. The second kappa shape index (κ2) is 6.07. The second-order valence-electron chi connectivity index (χ2n) is 5.19. The number of hydrogen-bond donors (Lipinski definition) is 3. The van der Waals surface area contributed by atoms with Crippen LogP contribution in [0.5, 0.6) is 0 Å². The molecule has 0 bridgehead atoms. The summed E-state index contributed by atoms with van der Waals surface area (Å²) in [5, 5.41) is 14.4. The van der Waals surface area contributed by atoms with Crippen LogP contribution in [0, 0.1) is 17.0 Å². The average Bonchev–Trinajstić information content (AvgIpc) is 2.96. The van der Waals surface area contributed by atoms with Crippen LogP contribution in [0.4, 0.5) is 8.78 Å². The second-order valence-corrected chi connectivity index (χ2v) is 5.19. The van der Waals surface area contributed by atoms with Gasteiger partial charge >= 0.3 is 0 Å². The first-order valence-electron chi connectivity index (χ1n) is 6.70. The Morgan fingerprint density at radius 1 is 1.38 bits per heavy atom. The van der Waals surface area contributed by atoms with Gasteiger partial charge in [0.2, 0.25) is 5.91 Å². The number of nitrogens with two attached hydrogens (primary N) is 1. The Balaban J connectivity index is 2.10. The van der Waals surface area contributed by atoms with Crippen LogP contribution in [0.1, 0.15) is 31.2 Å². The standard InChI is InChI=1S/C14H17F2N3O2/c15-10-4-3-9(11(16)7-10)8-18-13(20)14(12(17)19-21)5-1-2-6-14/h3-4,7,21H,1-2,5-6,8H2,(H2,17,19)(H,18,20). The molecular weight excluding hydrogens is 280 g/mol. The number of oxime groups is 1. The van der Waals surface area contributed by atoms with Gasteiger partial charge in [0, 0.05) is 18.2 Å². The molecule has 1 aliphatic rings. The lowest BCUT2D eigenvalue weighted by molar-refractivity contribution is -0.127. The highest BCUT2D eigenvalue weighted by Crippen LogP contribution is 2.38. The Bertz CT molecular complexity index is 569. The first-order chi connectivity index (χ1) is 9.99. The lowest BCUT2D eigenvalue weighted by Gasteiger charge is -2.26. The molecule has 0 saturated heterocycles. The third kappa shape index (κ3) is 2.96. The van der Waals surface area contributed by atoms with E-state index in [9.17, 15) is 13.6 Å². The van der Waals surface area contributed by atoms with E-state index >= 15 is 0 Å². The molecule has 0 unspecified atom stereocenters. The molecule has 21 heavy (non-hydrogen) atoms. The van der Waals surface area contributed by atoms with Gasteiger partial charge in [0.25, 0.3) is 0 Å². The zero-order valence-electron chi connectivity index (χ0n) is 11.4. The Morgan fingerprint density at radius 3 is 2.62 bits per heavy atom. The summed E-state index contributed by atoms with van der Waals surface area (Å²) in [4.78, 5) is 12.3. The summed E-state index contributed by atoms with van der Waals surface area (Å²) in [5.41, 5.74) is 4.79. The molecule has 0 aromatic heterocycles. The fourth-order valence-corrected chi connectivity index (χ4v) is 2.68. The predicted molar refractivity (Wildman–Crippen MR) is 72.5 cm³/mol. The van der Waals surface area contributed by atoms with Crippen LogP contribution < -0.4 is 11.1 Å². The molecule has 1 aromatic carbocycles. The van der Waals surface area contributed by atoms with E-state index in [0.717, 1.165) is 25.0 Å². The van der Waals surface area contributed by atoms with Crippen molar-refractivity contribution in [3.8, 4) is 0 Å². The summed E-state index contributed by atoms with van der Waals surface area (Å²) in [6, 6.07) is 3.16. The maximum absolute atomic E-state index is 13.5. The molecular formula is C14H17F2N3O2. The van der Waals surface area contributed by atoms with E-state index in [1.165, 1.54) is 6.07 Å². The Labute approximate surface area is 120 Å². The SMILES string of the molecule is NC(=NO)C1(C(=O)NCc2ccc(F)cc2F)CCCC1. The van der Waals surface area contributed by atoms with Crippen molar-refractivity contribution in [3.05, 3.63) is 35.4 Å². The number of rotatable bonds is 4. The number of halogens is 2. The van der Waals surface area contributed by atoms with Crippen LogP contribution >= 0.6 is 0 Å². The molecule has 0 heterocycles. The van der Waals surface area contributed by atoms with Crippen molar-refractivity contribution in [2.75, 3.05) is 0 Å². The molecule has 7 heteroatoms. The van der Waals surface area contributed by atoms with Gasteiger partial charge in [-0.05, 0) is 18.9 Å². The van der Waals surface area contributed by atoms with E-state index in [4.69, 9.17) is 10.9 Å². The molecule has 2 rings (SSSR count). The van der Waals surface area contributed by atoms with Gasteiger partial charge in [0.05, 0.1) is 0 Å². The van der Waals surface area contributed by atoms with Gasteiger partial charge in [0.1, 0.15) is 17.0 Å². The van der Waals surface area contributed by atoms with Crippen LogP contribution in [0.25, 0.3) is 0 Å². The van der Waals surface area contributed by atoms with Crippen LogP contribution in [0.2, 0.25) is 0 Å². The van der Waals surface area contributed by atoms with Gasteiger partial charge in [0.15, 0.2) is 5.84 Å². The topological polar surface area (TPSA) is 87.7 Å². The molecule has 5 nitrogen and oxygen atoms in total. The largest absolute Gasteiger partial charge is 0.409 e. The Hall–Kier alpha value is -2.18. The zero-order chi connectivity index (χ0) is 15.5. The number of nitrogens with zero attached hydrogens (tertiary/aromatic N) is 1. The quantitative estimate of drug-likeness (QED) is 0.343. The number of amides is 1. The summed E-state index contributed by atoms with van der Waals surface area (Å²) in [6.07, 6.45) is 2.57. The fourth-order valence-electron chi connectivity index (χ4n) is 2.68. The first-order valence-corrected chi connectivity index (χ1v) is 6.70. The van der Waals surface area contributed by atoms with Crippen molar-refractivity contribution in [2.45, 2.75) is 32.2 Å². The van der Waals surface area contributed by atoms with Crippen molar-refractivity contribution in [2.24, 2.45) is 16.3 Å². The van der Waals surface area contributed by atoms with Crippen LogP contribution in [0.15, 0.2) is 23.4 Å². The number of amidine groups is 1. The van der Waals surface area contributed by atoms with Gasteiger partial charge in [-0.15, -0.1) is 0 Å². The van der Waals surface area contributed by atoms with Gasteiger partial charge < -0.3 is 16.3 Å². The molecule has 0 aliphatic heterocycles. The molecule has 0 spiro atoms. The van der Waals surface area contributed by atoms with E-state index < -0.39 is 23.0 Å². The number of benzene rings is 1. The average molecular weight is 297 g/mol. The fraction of sp³-hybridized carbons (Fsp3) is 0.429. The molecule has 1 fully saturated rings. The molecule has 1 saturated carbocycles. The number of hydrogen-bond acceptors (Lipinski definition) is 3. The van der Waals surface area contributed by atoms with E-state index in [1.807, 2.05) is 0 Å². The van der Waals surface area contributed by atoms with Crippen molar-refractivity contribution in [3.63, 3.8) is 0 Å². The highest BCUT2D eigenvalue weighted by molar-refractivity contribution is 6.07. The van der Waals surface area contributed by atoms with E-state index in [1.54, 1.807) is 0 Å². The highest BCUT2D eigenvalue weighted by Gasteiger charge is 2.45. The Kier molecular flexibility index (Phi) is 4.40.